The van der Waals surface area contributed by atoms with E-state index < -0.39 is 0 Å². The molecule has 0 unspecified atom stereocenters. The standard InChI is InChI=1S/C16H17NO/c1-3-4-10-14-12(2)18-15(16(14)17)11-13-8-6-5-7-9-13/h3-10H,1,11,17H2,2H3/b10-4-. The van der Waals surface area contributed by atoms with Crippen LogP contribution in [0, 0.1) is 6.92 Å². The second-order valence-corrected chi connectivity index (χ2v) is 4.17. The Kier molecular flexibility index (Phi) is 3.68. The molecule has 0 radical (unpaired) electrons. The number of aryl methyl sites for hydroxylation is 1. The van der Waals surface area contributed by atoms with Crippen LogP contribution in [0.4, 0.5) is 5.69 Å². The van der Waals surface area contributed by atoms with Gasteiger partial charge in [-0.05, 0) is 18.6 Å². The third-order valence-corrected chi connectivity index (χ3v) is 2.85. The van der Waals surface area contributed by atoms with Gasteiger partial charge < -0.3 is 10.2 Å². The molecule has 2 nitrogen and oxygen atoms in total. The van der Waals surface area contributed by atoms with Crippen molar-refractivity contribution in [2.24, 2.45) is 0 Å². The Morgan fingerprint density at radius 2 is 2.00 bits per heavy atom. The van der Waals surface area contributed by atoms with Crippen LogP contribution in [0.25, 0.3) is 6.08 Å². The zero-order chi connectivity index (χ0) is 13.0. The summed E-state index contributed by atoms with van der Waals surface area (Å²) >= 11 is 0. The summed E-state index contributed by atoms with van der Waals surface area (Å²) < 4.78 is 5.74. The second-order valence-electron chi connectivity index (χ2n) is 4.17. The minimum absolute atomic E-state index is 0.717. The molecule has 0 aliphatic carbocycles. The van der Waals surface area contributed by atoms with E-state index in [1.807, 2.05) is 37.3 Å². The van der Waals surface area contributed by atoms with Gasteiger partial charge in [0, 0.05) is 12.0 Å². The van der Waals surface area contributed by atoms with Crippen LogP contribution in [0.1, 0.15) is 22.6 Å². The van der Waals surface area contributed by atoms with Gasteiger partial charge in [-0.3, -0.25) is 0 Å². The van der Waals surface area contributed by atoms with Crippen molar-refractivity contribution in [3.8, 4) is 0 Å². The normalized spacial score (nSPS) is 10.9. The minimum Gasteiger partial charge on any atom is -0.463 e. The van der Waals surface area contributed by atoms with Crippen molar-refractivity contribution < 1.29 is 4.42 Å². The molecule has 0 fully saturated rings. The van der Waals surface area contributed by atoms with Crippen LogP contribution in [-0.4, -0.2) is 0 Å². The lowest BCUT2D eigenvalue weighted by molar-refractivity contribution is 0.493. The van der Waals surface area contributed by atoms with Crippen LogP contribution in [0.5, 0.6) is 0 Å². The van der Waals surface area contributed by atoms with Gasteiger partial charge in [0.05, 0.1) is 5.69 Å². The van der Waals surface area contributed by atoms with Gasteiger partial charge in [-0.25, -0.2) is 0 Å². The molecule has 0 aliphatic rings. The third kappa shape index (κ3) is 2.54. The van der Waals surface area contributed by atoms with E-state index in [1.165, 1.54) is 5.56 Å². The van der Waals surface area contributed by atoms with Gasteiger partial charge in [-0.2, -0.15) is 0 Å². The van der Waals surface area contributed by atoms with Crippen molar-refractivity contribution in [1.82, 2.24) is 0 Å². The average molecular weight is 239 g/mol. The van der Waals surface area contributed by atoms with Crippen molar-refractivity contribution in [2.45, 2.75) is 13.3 Å². The Morgan fingerprint density at radius 3 is 2.67 bits per heavy atom. The Bertz CT molecular complexity index is 564. The maximum absolute atomic E-state index is 6.11. The molecule has 0 bridgehead atoms. The van der Waals surface area contributed by atoms with Crippen molar-refractivity contribution in [1.29, 1.82) is 0 Å². The molecule has 2 rings (SSSR count). The summed E-state index contributed by atoms with van der Waals surface area (Å²) in [6, 6.07) is 10.2. The number of rotatable bonds is 4. The van der Waals surface area contributed by atoms with E-state index in [0.29, 0.717) is 0 Å². The lowest BCUT2D eigenvalue weighted by Crippen LogP contribution is -1.93. The zero-order valence-corrected chi connectivity index (χ0v) is 10.5. The predicted octanol–water partition coefficient (Wildman–Crippen LogP) is 3.96. The molecular weight excluding hydrogens is 222 g/mol. The number of allylic oxidation sites excluding steroid dienone is 2. The van der Waals surface area contributed by atoms with Crippen LogP contribution in [-0.2, 0) is 6.42 Å². The van der Waals surface area contributed by atoms with Crippen molar-refractivity contribution in [3.63, 3.8) is 0 Å². The maximum Gasteiger partial charge on any atom is 0.132 e. The number of hydrogen-bond acceptors (Lipinski definition) is 2. The molecule has 0 spiro atoms. The second kappa shape index (κ2) is 5.41. The molecule has 92 valence electrons. The molecule has 0 aliphatic heterocycles. The molecule has 2 heteroatoms. The lowest BCUT2D eigenvalue weighted by atomic mass is 10.1. The molecule has 18 heavy (non-hydrogen) atoms. The first-order chi connectivity index (χ1) is 8.72. The monoisotopic (exact) mass is 239 g/mol. The number of hydrogen-bond donors (Lipinski definition) is 1. The lowest BCUT2D eigenvalue weighted by Gasteiger charge is -1.99. The quantitative estimate of drug-likeness (QED) is 0.820. The van der Waals surface area contributed by atoms with Crippen LogP contribution in [0.3, 0.4) is 0 Å². The summed E-state index contributed by atoms with van der Waals surface area (Å²) in [7, 11) is 0. The van der Waals surface area contributed by atoms with Crippen LogP contribution >= 0.6 is 0 Å². The van der Waals surface area contributed by atoms with Crippen LogP contribution in [0.15, 0.2) is 53.5 Å². The first-order valence-electron chi connectivity index (χ1n) is 5.93. The van der Waals surface area contributed by atoms with Gasteiger partial charge in [0.15, 0.2) is 0 Å². The summed E-state index contributed by atoms with van der Waals surface area (Å²) in [5.74, 6) is 1.67. The smallest absolute Gasteiger partial charge is 0.132 e. The van der Waals surface area contributed by atoms with Crippen molar-refractivity contribution in [2.75, 3.05) is 5.73 Å². The predicted molar refractivity (Wildman–Crippen MR) is 76.3 cm³/mol. The molecule has 2 N–H and O–H groups in total. The number of nitrogens with two attached hydrogens (primary N) is 1. The summed E-state index contributed by atoms with van der Waals surface area (Å²) in [6.45, 7) is 5.58. The van der Waals surface area contributed by atoms with Gasteiger partial charge in [0.25, 0.3) is 0 Å². The van der Waals surface area contributed by atoms with Gasteiger partial charge in [0.2, 0.25) is 0 Å². The van der Waals surface area contributed by atoms with Crippen LogP contribution < -0.4 is 5.73 Å². The highest BCUT2D eigenvalue weighted by atomic mass is 16.3. The SMILES string of the molecule is C=C/C=C\c1c(C)oc(Cc2ccccc2)c1N. The van der Waals surface area contributed by atoms with Gasteiger partial charge in [-0.15, -0.1) is 0 Å². The number of benzene rings is 1. The van der Waals surface area contributed by atoms with E-state index in [4.69, 9.17) is 10.2 Å². The maximum atomic E-state index is 6.11. The van der Waals surface area contributed by atoms with Crippen molar-refractivity contribution >= 4 is 11.8 Å². The minimum atomic E-state index is 0.717. The van der Waals surface area contributed by atoms with E-state index in [-0.39, 0.29) is 0 Å². The summed E-state index contributed by atoms with van der Waals surface area (Å²) in [6.07, 6.45) is 6.23. The van der Waals surface area contributed by atoms with Crippen molar-refractivity contribution in [3.05, 3.63) is 71.7 Å². The summed E-state index contributed by atoms with van der Waals surface area (Å²) in [5, 5.41) is 0. The fourth-order valence-corrected chi connectivity index (χ4v) is 1.92. The van der Waals surface area contributed by atoms with E-state index in [1.54, 1.807) is 6.08 Å². The fourth-order valence-electron chi connectivity index (χ4n) is 1.92. The first-order valence-corrected chi connectivity index (χ1v) is 5.93. The largest absolute Gasteiger partial charge is 0.463 e. The van der Waals surface area contributed by atoms with E-state index in [0.717, 1.165) is 29.2 Å². The Balaban J connectivity index is 2.30. The molecule has 0 amide bonds. The molecule has 0 saturated carbocycles. The van der Waals surface area contributed by atoms with Gasteiger partial charge >= 0.3 is 0 Å². The summed E-state index contributed by atoms with van der Waals surface area (Å²) in [5.41, 5.74) is 8.97. The molecule has 1 aromatic carbocycles. The molecule has 1 aromatic heterocycles. The molecule has 1 heterocycles. The molecule has 0 atom stereocenters. The van der Waals surface area contributed by atoms with Gasteiger partial charge in [-0.1, -0.05) is 49.1 Å². The highest BCUT2D eigenvalue weighted by Gasteiger charge is 2.13. The van der Waals surface area contributed by atoms with E-state index in [9.17, 15) is 0 Å². The topological polar surface area (TPSA) is 39.2 Å². The van der Waals surface area contributed by atoms with E-state index in [2.05, 4.69) is 18.7 Å². The number of nitrogen functional groups attached to an aromatic ring is 1. The number of anilines is 1. The average Bonchev–Trinajstić information content (AvgIpc) is 2.64. The Morgan fingerprint density at radius 1 is 1.28 bits per heavy atom. The first kappa shape index (κ1) is 12.2. The molecule has 0 saturated heterocycles. The van der Waals surface area contributed by atoms with E-state index >= 15 is 0 Å². The molecular formula is C16H17NO. The third-order valence-electron chi connectivity index (χ3n) is 2.85. The van der Waals surface area contributed by atoms with Gasteiger partial charge in [0.1, 0.15) is 11.5 Å². The highest BCUT2D eigenvalue weighted by molar-refractivity contribution is 5.69. The highest BCUT2D eigenvalue weighted by Crippen LogP contribution is 2.28. The Labute approximate surface area is 107 Å². The number of furan rings is 1. The Hall–Kier alpha value is -2.22. The summed E-state index contributed by atoms with van der Waals surface area (Å²) in [4.78, 5) is 0. The molecule has 2 aromatic rings. The fraction of sp³-hybridized carbons (Fsp3) is 0.125. The zero-order valence-electron chi connectivity index (χ0n) is 10.5. The van der Waals surface area contributed by atoms with Crippen LogP contribution in [0.2, 0.25) is 0 Å².